The van der Waals surface area contributed by atoms with Gasteiger partial charge >= 0.3 is 0 Å². The first-order valence-corrected chi connectivity index (χ1v) is 8.50. The molecule has 0 saturated carbocycles. The van der Waals surface area contributed by atoms with Gasteiger partial charge in [-0.3, -0.25) is 4.98 Å². The molecular formula is C18H15N5OS. The first-order valence-electron chi connectivity index (χ1n) is 7.68. The van der Waals surface area contributed by atoms with Gasteiger partial charge in [0, 0.05) is 34.4 Å². The summed E-state index contributed by atoms with van der Waals surface area (Å²) in [7, 11) is 1.64. The van der Waals surface area contributed by atoms with E-state index in [0.29, 0.717) is 11.6 Å². The minimum atomic E-state index is 0.613. The van der Waals surface area contributed by atoms with Crippen LogP contribution in [0.15, 0.2) is 48.9 Å². The van der Waals surface area contributed by atoms with Gasteiger partial charge in [0.1, 0.15) is 11.6 Å². The summed E-state index contributed by atoms with van der Waals surface area (Å²) in [5, 5.41) is 4.97. The Morgan fingerprint density at radius 2 is 2.04 bits per heavy atom. The van der Waals surface area contributed by atoms with Gasteiger partial charge in [0.15, 0.2) is 11.0 Å². The first-order chi connectivity index (χ1) is 12.2. The van der Waals surface area contributed by atoms with Gasteiger partial charge in [0.05, 0.1) is 12.6 Å². The van der Waals surface area contributed by atoms with Crippen LogP contribution in [0.25, 0.3) is 22.3 Å². The monoisotopic (exact) mass is 349 g/mol. The zero-order valence-corrected chi connectivity index (χ0v) is 14.5. The van der Waals surface area contributed by atoms with Crippen LogP contribution in [0.1, 0.15) is 4.88 Å². The van der Waals surface area contributed by atoms with Crippen molar-refractivity contribution in [1.82, 2.24) is 19.9 Å². The third-order valence-electron chi connectivity index (χ3n) is 3.67. The van der Waals surface area contributed by atoms with Crippen LogP contribution in [0, 0.1) is 6.92 Å². The van der Waals surface area contributed by atoms with Gasteiger partial charge in [0.2, 0.25) is 0 Å². The molecule has 6 nitrogen and oxygen atoms in total. The average molecular weight is 349 g/mol. The minimum absolute atomic E-state index is 0.613. The van der Waals surface area contributed by atoms with E-state index in [2.05, 4.69) is 20.3 Å². The Balaban J connectivity index is 1.89. The minimum Gasteiger partial charge on any atom is -0.497 e. The molecule has 7 heteroatoms. The number of nitrogens with one attached hydrogen (secondary N) is 1. The number of methoxy groups -OCH3 is 1. The standard InChI is InChI=1S/C18H15N5OS/c1-11-9-20-18(25-11)23-17-14-8-13(24-2)5-6-15(14)21-16(22-17)12-4-3-7-19-10-12/h3-10H,1-2H3,(H,20,21,22,23). The third-order valence-corrected chi connectivity index (χ3v) is 4.50. The van der Waals surface area contributed by atoms with Crippen LogP contribution in [0.4, 0.5) is 10.9 Å². The van der Waals surface area contributed by atoms with E-state index in [1.807, 2.05) is 43.5 Å². The zero-order chi connectivity index (χ0) is 17.2. The summed E-state index contributed by atoms with van der Waals surface area (Å²) >= 11 is 1.58. The molecule has 0 unspecified atom stereocenters. The van der Waals surface area contributed by atoms with E-state index in [9.17, 15) is 0 Å². The van der Waals surface area contributed by atoms with E-state index >= 15 is 0 Å². The lowest BCUT2D eigenvalue weighted by molar-refractivity contribution is 0.415. The van der Waals surface area contributed by atoms with Crippen LogP contribution in [0.5, 0.6) is 5.75 Å². The number of nitrogens with zero attached hydrogens (tertiary/aromatic N) is 4. The highest BCUT2D eigenvalue weighted by atomic mass is 32.1. The summed E-state index contributed by atoms with van der Waals surface area (Å²) in [5.74, 6) is 2.06. The summed E-state index contributed by atoms with van der Waals surface area (Å²) in [6.45, 7) is 2.02. The van der Waals surface area contributed by atoms with Crippen LogP contribution < -0.4 is 10.1 Å². The Morgan fingerprint density at radius 1 is 1.12 bits per heavy atom. The Hall–Kier alpha value is -3.06. The predicted octanol–water partition coefficient (Wildman–Crippen LogP) is 4.21. The largest absolute Gasteiger partial charge is 0.497 e. The van der Waals surface area contributed by atoms with Gasteiger partial charge in [-0.05, 0) is 37.3 Å². The van der Waals surface area contributed by atoms with Crippen molar-refractivity contribution in [1.29, 1.82) is 0 Å². The maximum atomic E-state index is 5.34. The van der Waals surface area contributed by atoms with Crippen molar-refractivity contribution >= 4 is 33.2 Å². The fraction of sp³-hybridized carbons (Fsp3) is 0.111. The highest BCUT2D eigenvalue weighted by Gasteiger charge is 2.12. The Kier molecular flexibility index (Phi) is 3.99. The molecular weight excluding hydrogens is 334 g/mol. The Morgan fingerprint density at radius 3 is 2.76 bits per heavy atom. The number of benzene rings is 1. The highest BCUT2D eigenvalue weighted by molar-refractivity contribution is 7.15. The number of hydrogen-bond donors (Lipinski definition) is 1. The molecule has 0 atom stereocenters. The van der Waals surface area contributed by atoms with Crippen molar-refractivity contribution in [3.05, 3.63) is 53.8 Å². The molecule has 1 aromatic carbocycles. The summed E-state index contributed by atoms with van der Waals surface area (Å²) in [6.07, 6.45) is 5.31. The summed E-state index contributed by atoms with van der Waals surface area (Å²) < 4.78 is 5.34. The SMILES string of the molecule is COc1ccc2nc(-c3cccnc3)nc(Nc3ncc(C)s3)c2c1. The van der Waals surface area contributed by atoms with Gasteiger partial charge in [0.25, 0.3) is 0 Å². The van der Waals surface area contributed by atoms with Crippen molar-refractivity contribution in [2.75, 3.05) is 12.4 Å². The molecule has 4 rings (SSSR count). The maximum Gasteiger partial charge on any atom is 0.188 e. The smallest absolute Gasteiger partial charge is 0.188 e. The highest BCUT2D eigenvalue weighted by Crippen LogP contribution is 2.30. The number of hydrogen-bond acceptors (Lipinski definition) is 7. The molecule has 0 aliphatic carbocycles. The van der Waals surface area contributed by atoms with E-state index < -0.39 is 0 Å². The number of pyridine rings is 1. The molecule has 0 amide bonds. The molecule has 0 bridgehead atoms. The summed E-state index contributed by atoms with van der Waals surface area (Å²) in [6, 6.07) is 9.54. The van der Waals surface area contributed by atoms with E-state index in [-0.39, 0.29) is 0 Å². The molecule has 0 aliphatic rings. The normalized spacial score (nSPS) is 10.8. The van der Waals surface area contributed by atoms with Crippen LogP contribution in [-0.2, 0) is 0 Å². The number of rotatable bonds is 4. The fourth-order valence-electron chi connectivity index (χ4n) is 2.47. The average Bonchev–Trinajstić information content (AvgIpc) is 3.06. The lowest BCUT2D eigenvalue weighted by Gasteiger charge is -2.10. The van der Waals surface area contributed by atoms with Crippen LogP contribution in [0.3, 0.4) is 0 Å². The van der Waals surface area contributed by atoms with Crippen molar-refractivity contribution in [2.24, 2.45) is 0 Å². The molecule has 0 spiro atoms. The van der Waals surface area contributed by atoms with Crippen molar-refractivity contribution in [2.45, 2.75) is 6.92 Å². The topological polar surface area (TPSA) is 72.8 Å². The van der Waals surface area contributed by atoms with Crippen LogP contribution in [-0.4, -0.2) is 27.0 Å². The third kappa shape index (κ3) is 3.14. The van der Waals surface area contributed by atoms with E-state index in [1.165, 1.54) is 0 Å². The van der Waals surface area contributed by atoms with Gasteiger partial charge < -0.3 is 10.1 Å². The number of ether oxygens (including phenoxy) is 1. The number of fused-ring (bicyclic) bond motifs is 1. The lowest BCUT2D eigenvalue weighted by atomic mass is 10.2. The van der Waals surface area contributed by atoms with Crippen molar-refractivity contribution in [3.8, 4) is 17.1 Å². The van der Waals surface area contributed by atoms with Crippen LogP contribution in [0.2, 0.25) is 0 Å². The van der Waals surface area contributed by atoms with Gasteiger partial charge in [-0.25, -0.2) is 15.0 Å². The van der Waals surface area contributed by atoms with Gasteiger partial charge in [-0.15, -0.1) is 11.3 Å². The molecule has 0 radical (unpaired) electrons. The molecule has 1 N–H and O–H groups in total. The van der Waals surface area contributed by atoms with E-state index in [0.717, 1.165) is 32.2 Å². The quantitative estimate of drug-likeness (QED) is 0.595. The molecule has 0 saturated heterocycles. The molecule has 25 heavy (non-hydrogen) atoms. The second-order valence-corrected chi connectivity index (χ2v) is 6.66. The summed E-state index contributed by atoms with van der Waals surface area (Å²) in [5.41, 5.74) is 1.68. The fourth-order valence-corrected chi connectivity index (χ4v) is 3.13. The molecule has 0 aliphatic heterocycles. The number of anilines is 2. The molecule has 124 valence electrons. The van der Waals surface area contributed by atoms with Gasteiger partial charge in [-0.1, -0.05) is 0 Å². The second kappa shape index (κ2) is 6.45. The van der Waals surface area contributed by atoms with Crippen molar-refractivity contribution in [3.63, 3.8) is 0 Å². The predicted molar refractivity (Wildman–Crippen MR) is 99.5 cm³/mol. The maximum absolute atomic E-state index is 5.34. The lowest BCUT2D eigenvalue weighted by Crippen LogP contribution is -1.99. The second-order valence-electron chi connectivity index (χ2n) is 5.42. The van der Waals surface area contributed by atoms with Crippen LogP contribution >= 0.6 is 11.3 Å². The number of thiazole rings is 1. The summed E-state index contributed by atoms with van der Waals surface area (Å²) in [4.78, 5) is 19.0. The van der Waals surface area contributed by atoms with E-state index in [1.54, 1.807) is 30.8 Å². The van der Waals surface area contributed by atoms with Crippen molar-refractivity contribution < 1.29 is 4.74 Å². The zero-order valence-electron chi connectivity index (χ0n) is 13.7. The molecule has 0 fully saturated rings. The molecule has 3 aromatic heterocycles. The molecule has 3 heterocycles. The number of aryl methyl sites for hydroxylation is 1. The van der Waals surface area contributed by atoms with E-state index in [4.69, 9.17) is 9.72 Å². The number of aromatic nitrogens is 4. The Labute approximate surface area is 148 Å². The first kappa shape index (κ1) is 15.5. The molecule has 4 aromatic rings. The Bertz CT molecular complexity index is 1030. The van der Waals surface area contributed by atoms with Gasteiger partial charge in [-0.2, -0.15) is 0 Å².